The van der Waals surface area contributed by atoms with Crippen molar-refractivity contribution < 1.29 is 19.4 Å². The molecule has 3 N–H and O–H groups in total. The minimum atomic E-state index is -0.662. The van der Waals surface area contributed by atoms with E-state index in [1.807, 2.05) is 24.3 Å². The number of urea groups is 1. The zero-order valence-electron chi connectivity index (χ0n) is 14.3. The molecule has 27 heavy (non-hydrogen) atoms. The Morgan fingerprint density at radius 2 is 2.15 bits per heavy atom. The number of aliphatic hydroxyl groups excluding tert-OH is 2. The van der Waals surface area contributed by atoms with E-state index in [-0.39, 0.29) is 13.2 Å². The van der Waals surface area contributed by atoms with Crippen LogP contribution in [0.25, 0.3) is 20.8 Å². The first kappa shape index (κ1) is 17.8. The molecule has 0 radical (unpaired) electrons. The van der Waals surface area contributed by atoms with E-state index in [0.29, 0.717) is 22.7 Å². The molecule has 0 unspecified atom stereocenters. The van der Waals surface area contributed by atoms with Crippen LogP contribution in [-0.4, -0.2) is 51.4 Å². The van der Waals surface area contributed by atoms with Gasteiger partial charge in [-0.2, -0.15) is 0 Å². The predicted molar refractivity (Wildman–Crippen MR) is 102 cm³/mol. The molecule has 6 nitrogen and oxygen atoms in total. The number of benzene rings is 2. The molecule has 0 saturated carbocycles. The summed E-state index contributed by atoms with van der Waals surface area (Å²) in [6.07, 6.45) is -0.331. The Bertz CT molecular complexity index is 960. The smallest absolute Gasteiger partial charge is 0.322 e. The van der Waals surface area contributed by atoms with E-state index in [1.165, 1.54) is 34.4 Å². The van der Waals surface area contributed by atoms with E-state index >= 15 is 0 Å². The molecule has 3 aromatic rings. The summed E-state index contributed by atoms with van der Waals surface area (Å²) in [6, 6.07) is 10.8. The summed E-state index contributed by atoms with van der Waals surface area (Å²) in [4.78, 5) is 18.6. The normalized spacial score (nSPS) is 19.6. The molecule has 0 spiro atoms. The molecule has 140 valence electrons. The van der Waals surface area contributed by atoms with Crippen molar-refractivity contribution in [3.8, 4) is 10.6 Å². The van der Waals surface area contributed by atoms with Crippen LogP contribution < -0.4 is 5.32 Å². The van der Waals surface area contributed by atoms with Crippen molar-refractivity contribution in [3.63, 3.8) is 0 Å². The van der Waals surface area contributed by atoms with E-state index < -0.39 is 24.0 Å². The number of hydrogen-bond donors (Lipinski definition) is 3. The molecule has 1 aromatic heterocycles. The Kier molecular flexibility index (Phi) is 4.77. The van der Waals surface area contributed by atoms with Gasteiger partial charge in [-0.25, -0.2) is 14.2 Å². The Labute approximate surface area is 158 Å². The number of hydrogen-bond acceptors (Lipinski definition) is 5. The van der Waals surface area contributed by atoms with Crippen molar-refractivity contribution in [3.05, 3.63) is 48.3 Å². The van der Waals surface area contributed by atoms with E-state index in [0.717, 1.165) is 10.2 Å². The number of fused-ring (bicyclic) bond motifs is 1. The third-order valence-corrected chi connectivity index (χ3v) is 5.68. The number of nitrogens with zero attached hydrogens (tertiary/aromatic N) is 2. The Hall–Kier alpha value is -2.55. The number of β-amino-alcohol motifs (C(OH)–C–C–N with tert-alkyl or cyclic N) is 1. The second-order valence-corrected chi connectivity index (χ2v) is 7.52. The highest BCUT2D eigenvalue weighted by atomic mass is 32.1. The minimum Gasteiger partial charge on any atom is -0.394 e. The van der Waals surface area contributed by atoms with Gasteiger partial charge in [0.05, 0.1) is 34.7 Å². The number of carbonyl (C=O) groups excluding carboxylic acids is 1. The van der Waals surface area contributed by atoms with Gasteiger partial charge in [0.2, 0.25) is 0 Å². The topological polar surface area (TPSA) is 85.7 Å². The molecule has 2 amide bonds. The molecule has 0 aliphatic carbocycles. The Balaban J connectivity index is 1.66. The summed E-state index contributed by atoms with van der Waals surface area (Å²) in [6.45, 7) is -0.0760. The molecule has 1 saturated heterocycles. The van der Waals surface area contributed by atoms with Crippen LogP contribution in [0.5, 0.6) is 0 Å². The van der Waals surface area contributed by atoms with Gasteiger partial charge in [-0.05, 0) is 36.8 Å². The standard InChI is InChI=1S/C19H18FN3O3S/c20-11-5-6-15(22-19(26)23-9-13(25)8-12(23)10-24)14(7-11)18-21-16-3-1-2-4-17(16)27-18/h1-7,12-13,24-25H,8-10H2,(H,22,26)/t12-,13-/m0/s1. The van der Waals surface area contributed by atoms with Crippen LogP contribution in [0.3, 0.4) is 0 Å². The fraction of sp³-hybridized carbons (Fsp3) is 0.263. The molecular weight excluding hydrogens is 369 g/mol. The lowest BCUT2D eigenvalue weighted by Gasteiger charge is -2.23. The molecule has 2 heterocycles. The lowest BCUT2D eigenvalue weighted by Crippen LogP contribution is -2.40. The third-order valence-electron chi connectivity index (χ3n) is 4.61. The number of anilines is 1. The Morgan fingerprint density at radius 1 is 1.33 bits per heavy atom. The van der Waals surface area contributed by atoms with Crippen molar-refractivity contribution in [1.29, 1.82) is 0 Å². The van der Waals surface area contributed by atoms with Crippen LogP contribution >= 0.6 is 11.3 Å². The summed E-state index contributed by atoms with van der Waals surface area (Å²) >= 11 is 1.42. The van der Waals surface area contributed by atoms with E-state index in [2.05, 4.69) is 10.3 Å². The third kappa shape index (κ3) is 3.51. The number of carbonyl (C=O) groups is 1. The molecular formula is C19H18FN3O3S. The van der Waals surface area contributed by atoms with Crippen molar-refractivity contribution in [2.45, 2.75) is 18.6 Å². The van der Waals surface area contributed by atoms with Crippen LogP contribution in [0.15, 0.2) is 42.5 Å². The van der Waals surface area contributed by atoms with Gasteiger partial charge in [0.25, 0.3) is 0 Å². The summed E-state index contributed by atoms with van der Waals surface area (Å²) in [5.41, 5.74) is 1.73. The van der Waals surface area contributed by atoms with Crippen LogP contribution in [0.1, 0.15) is 6.42 Å². The van der Waals surface area contributed by atoms with Crippen molar-refractivity contribution in [1.82, 2.24) is 9.88 Å². The summed E-state index contributed by atoms with van der Waals surface area (Å²) in [5, 5.41) is 22.6. The van der Waals surface area contributed by atoms with Gasteiger partial charge in [0.1, 0.15) is 10.8 Å². The molecule has 2 atom stereocenters. The van der Waals surface area contributed by atoms with E-state index in [4.69, 9.17) is 0 Å². The summed E-state index contributed by atoms with van der Waals surface area (Å²) in [5.74, 6) is -0.424. The van der Waals surface area contributed by atoms with Crippen molar-refractivity contribution in [2.75, 3.05) is 18.5 Å². The number of amides is 2. The summed E-state index contributed by atoms with van der Waals surface area (Å²) in [7, 11) is 0. The quantitative estimate of drug-likeness (QED) is 0.645. The second kappa shape index (κ2) is 7.22. The molecule has 1 fully saturated rings. The molecule has 1 aliphatic heterocycles. The SMILES string of the molecule is O=C(Nc1ccc(F)cc1-c1nc2ccccc2s1)N1C[C@@H](O)C[C@H]1CO. The zero-order chi connectivity index (χ0) is 19.0. The highest BCUT2D eigenvalue weighted by molar-refractivity contribution is 7.21. The molecule has 1 aliphatic rings. The largest absolute Gasteiger partial charge is 0.394 e. The average molecular weight is 387 g/mol. The molecule has 4 rings (SSSR count). The maximum absolute atomic E-state index is 13.9. The fourth-order valence-corrected chi connectivity index (χ4v) is 4.29. The monoisotopic (exact) mass is 387 g/mol. The number of para-hydroxylation sites is 1. The van der Waals surface area contributed by atoms with Crippen LogP contribution in [-0.2, 0) is 0 Å². The predicted octanol–water partition coefficient (Wildman–Crippen LogP) is 3.06. The maximum atomic E-state index is 13.9. The highest BCUT2D eigenvalue weighted by Crippen LogP contribution is 2.35. The number of likely N-dealkylation sites (tertiary alicyclic amines) is 1. The van der Waals surface area contributed by atoms with Crippen LogP contribution in [0.2, 0.25) is 0 Å². The van der Waals surface area contributed by atoms with Gasteiger partial charge in [0, 0.05) is 12.1 Å². The zero-order valence-corrected chi connectivity index (χ0v) is 15.1. The first-order valence-electron chi connectivity index (χ1n) is 8.57. The van der Waals surface area contributed by atoms with Gasteiger partial charge in [-0.15, -0.1) is 11.3 Å². The van der Waals surface area contributed by atoms with Gasteiger partial charge >= 0.3 is 6.03 Å². The molecule has 8 heteroatoms. The lowest BCUT2D eigenvalue weighted by molar-refractivity contribution is 0.164. The second-order valence-electron chi connectivity index (χ2n) is 6.49. The van der Waals surface area contributed by atoms with Crippen LogP contribution in [0, 0.1) is 5.82 Å². The Morgan fingerprint density at radius 3 is 2.93 bits per heavy atom. The average Bonchev–Trinajstić information content (AvgIpc) is 3.26. The number of rotatable bonds is 3. The van der Waals surface area contributed by atoms with Crippen LogP contribution in [0.4, 0.5) is 14.9 Å². The fourth-order valence-electron chi connectivity index (χ4n) is 3.29. The van der Waals surface area contributed by atoms with E-state index in [1.54, 1.807) is 0 Å². The number of thiazole rings is 1. The number of aliphatic hydroxyl groups is 2. The first-order chi connectivity index (χ1) is 13.0. The van der Waals surface area contributed by atoms with Gasteiger partial charge < -0.3 is 20.4 Å². The molecule has 2 aromatic carbocycles. The number of aromatic nitrogens is 1. The maximum Gasteiger partial charge on any atom is 0.322 e. The summed E-state index contributed by atoms with van der Waals surface area (Å²) < 4.78 is 14.9. The lowest BCUT2D eigenvalue weighted by atomic mass is 10.1. The first-order valence-corrected chi connectivity index (χ1v) is 9.39. The minimum absolute atomic E-state index is 0.148. The van der Waals surface area contributed by atoms with E-state index in [9.17, 15) is 19.4 Å². The van der Waals surface area contributed by atoms with Gasteiger partial charge in [0.15, 0.2) is 0 Å². The number of halogens is 1. The van der Waals surface area contributed by atoms with Gasteiger partial charge in [-0.1, -0.05) is 12.1 Å². The highest BCUT2D eigenvalue weighted by Gasteiger charge is 2.34. The van der Waals surface area contributed by atoms with Crippen molar-refractivity contribution >= 4 is 33.3 Å². The molecule has 0 bridgehead atoms. The van der Waals surface area contributed by atoms with Crippen molar-refractivity contribution in [2.24, 2.45) is 0 Å². The number of nitrogens with one attached hydrogen (secondary N) is 1. The van der Waals surface area contributed by atoms with Gasteiger partial charge in [-0.3, -0.25) is 0 Å².